The number of carbonyl (C=O) groups excluding carboxylic acids is 2. The number of fused-ring (bicyclic) bond motifs is 1. The summed E-state index contributed by atoms with van der Waals surface area (Å²) in [7, 11) is 0. The van der Waals surface area contributed by atoms with Crippen LogP contribution < -0.4 is 10.2 Å². The molecule has 5 rings (SSSR count). The Bertz CT molecular complexity index is 1220. The molecule has 3 heterocycles. The SMILES string of the molecule is Cc1ccc(N2CC(C(=O)NCCn3nc(-c4ccccn4)c4c3CCCC4)CC2=O)cc1C. The number of amides is 2. The second kappa shape index (κ2) is 9.41. The number of pyridine rings is 1. The molecule has 7 nitrogen and oxygen atoms in total. The third kappa shape index (κ3) is 4.34. The maximum Gasteiger partial charge on any atom is 0.227 e. The molecule has 1 saturated heterocycles. The zero-order valence-electron chi connectivity index (χ0n) is 19.9. The second-order valence-corrected chi connectivity index (χ2v) is 9.38. The van der Waals surface area contributed by atoms with Gasteiger partial charge in [0.2, 0.25) is 11.8 Å². The molecule has 3 aromatic rings. The smallest absolute Gasteiger partial charge is 0.227 e. The minimum Gasteiger partial charge on any atom is -0.354 e. The molecule has 0 radical (unpaired) electrons. The summed E-state index contributed by atoms with van der Waals surface area (Å²) in [6.45, 7) is 5.62. The summed E-state index contributed by atoms with van der Waals surface area (Å²) in [6, 6.07) is 11.9. The van der Waals surface area contributed by atoms with E-state index in [9.17, 15) is 9.59 Å². The highest BCUT2D eigenvalue weighted by Gasteiger charge is 2.35. The van der Waals surface area contributed by atoms with E-state index in [0.29, 0.717) is 19.6 Å². The Morgan fingerprint density at radius 3 is 2.76 bits per heavy atom. The number of anilines is 1. The molecule has 1 N–H and O–H groups in total. The van der Waals surface area contributed by atoms with Crippen LogP contribution in [0.25, 0.3) is 11.4 Å². The van der Waals surface area contributed by atoms with Gasteiger partial charge in [0.1, 0.15) is 5.69 Å². The normalized spacial score (nSPS) is 17.6. The molecule has 1 unspecified atom stereocenters. The van der Waals surface area contributed by atoms with Gasteiger partial charge in [-0.3, -0.25) is 19.3 Å². The molecule has 0 spiro atoms. The van der Waals surface area contributed by atoms with Crippen molar-refractivity contribution >= 4 is 17.5 Å². The lowest BCUT2D eigenvalue weighted by Gasteiger charge is -2.18. The lowest BCUT2D eigenvalue weighted by Crippen LogP contribution is -2.35. The fourth-order valence-corrected chi connectivity index (χ4v) is 5.02. The average Bonchev–Trinajstić information content (AvgIpc) is 3.42. The van der Waals surface area contributed by atoms with Gasteiger partial charge in [-0.2, -0.15) is 5.10 Å². The van der Waals surface area contributed by atoms with Gasteiger partial charge in [-0.1, -0.05) is 12.1 Å². The van der Waals surface area contributed by atoms with Crippen LogP contribution in [0.2, 0.25) is 0 Å². The van der Waals surface area contributed by atoms with Gasteiger partial charge in [-0.15, -0.1) is 0 Å². The largest absolute Gasteiger partial charge is 0.354 e. The van der Waals surface area contributed by atoms with Gasteiger partial charge in [0.05, 0.1) is 18.2 Å². The van der Waals surface area contributed by atoms with Crippen LogP contribution in [0.4, 0.5) is 5.69 Å². The predicted octanol–water partition coefficient (Wildman–Crippen LogP) is 3.61. The van der Waals surface area contributed by atoms with Crippen molar-refractivity contribution in [3.8, 4) is 11.4 Å². The maximum atomic E-state index is 12.9. The van der Waals surface area contributed by atoms with E-state index in [4.69, 9.17) is 5.10 Å². The van der Waals surface area contributed by atoms with Gasteiger partial charge >= 0.3 is 0 Å². The van der Waals surface area contributed by atoms with E-state index in [1.54, 1.807) is 11.1 Å². The zero-order chi connectivity index (χ0) is 23.7. The molecule has 0 saturated carbocycles. The fourth-order valence-electron chi connectivity index (χ4n) is 5.02. The van der Waals surface area contributed by atoms with Crippen LogP contribution >= 0.6 is 0 Å². The van der Waals surface area contributed by atoms with Crippen LogP contribution in [0.3, 0.4) is 0 Å². The minimum atomic E-state index is -0.329. The molecule has 1 fully saturated rings. The van der Waals surface area contributed by atoms with Gasteiger partial charge in [-0.05, 0) is 74.9 Å². The van der Waals surface area contributed by atoms with Crippen molar-refractivity contribution in [3.05, 3.63) is 65.0 Å². The van der Waals surface area contributed by atoms with Crippen LogP contribution in [0.5, 0.6) is 0 Å². The van der Waals surface area contributed by atoms with Gasteiger partial charge in [-0.25, -0.2) is 0 Å². The van der Waals surface area contributed by atoms with Gasteiger partial charge in [0.15, 0.2) is 0 Å². The third-order valence-electron chi connectivity index (χ3n) is 7.09. The minimum absolute atomic E-state index is 0.00421. The van der Waals surface area contributed by atoms with E-state index in [1.165, 1.54) is 23.2 Å². The topological polar surface area (TPSA) is 80.1 Å². The lowest BCUT2D eigenvalue weighted by molar-refractivity contribution is -0.126. The highest BCUT2D eigenvalue weighted by Crippen LogP contribution is 2.30. The van der Waals surface area contributed by atoms with Crippen molar-refractivity contribution in [3.63, 3.8) is 0 Å². The quantitative estimate of drug-likeness (QED) is 0.613. The first-order chi connectivity index (χ1) is 16.5. The van der Waals surface area contributed by atoms with Crippen LogP contribution in [0.15, 0.2) is 42.6 Å². The highest BCUT2D eigenvalue weighted by atomic mass is 16.2. The first kappa shape index (κ1) is 22.3. The summed E-state index contributed by atoms with van der Waals surface area (Å²) < 4.78 is 2.04. The summed E-state index contributed by atoms with van der Waals surface area (Å²) in [5, 5.41) is 7.92. The number of nitrogens with one attached hydrogen (secondary N) is 1. The van der Waals surface area contributed by atoms with Crippen molar-refractivity contribution in [2.75, 3.05) is 18.0 Å². The summed E-state index contributed by atoms with van der Waals surface area (Å²) in [5.74, 6) is -0.389. The van der Waals surface area contributed by atoms with E-state index in [-0.39, 0.29) is 24.2 Å². The monoisotopic (exact) mass is 457 g/mol. The Labute approximate surface area is 200 Å². The molecule has 7 heteroatoms. The Morgan fingerprint density at radius 1 is 1.12 bits per heavy atom. The van der Waals surface area contributed by atoms with Gasteiger partial charge in [0.25, 0.3) is 0 Å². The van der Waals surface area contributed by atoms with E-state index in [1.807, 2.05) is 48.0 Å². The Morgan fingerprint density at radius 2 is 1.97 bits per heavy atom. The van der Waals surface area contributed by atoms with E-state index < -0.39 is 0 Å². The molecule has 1 aliphatic carbocycles. The van der Waals surface area contributed by atoms with Crippen LogP contribution in [-0.2, 0) is 29.0 Å². The van der Waals surface area contributed by atoms with Crippen molar-refractivity contribution in [1.29, 1.82) is 0 Å². The van der Waals surface area contributed by atoms with Crippen LogP contribution in [-0.4, -0.2) is 39.7 Å². The molecule has 176 valence electrons. The standard InChI is InChI=1S/C27H31N5O2/c1-18-10-11-21(15-19(18)2)31-17-20(16-25(31)33)27(34)29-13-14-32-24-9-4-3-7-22(24)26(30-32)23-8-5-6-12-28-23/h5-6,8,10-12,15,20H,3-4,7,9,13-14,16-17H2,1-2H3,(H,29,34). The highest BCUT2D eigenvalue weighted by molar-refractivity contribution is 6.00. The number of rotatable bonds is 6. The Kier molecular flexibility index (Phi) is 6.18. The van der Waals surface area contributed by atoms with Crippen molar-refractivity contribution < 1.29 is 9.59 Å². The van der Waals surface area contributed by atoms with Crippen molar-refractivity contribution in [1.82, 2.24) is 20.1 Å². The predicted molar refractivity (Wildman–Crippen MR) is 131 cm³/mol. The molecule has 1 atom stereocenters. The molecule has 0 bridgehead atoms. The number of carbonyl (C=O) groups is 2. The summed E-state index contributed by atoms with van der Waals surface area (Å²) >= 11 is 0. The number of benzene rings is 1. The van der Waals surface area contributed by atoms with Crippen molar-refractivity contribution in [2.24, 2.45) is 5.92 Å². The number of aromatic nitrogens is 3. The van der Waals surface area contributed by atoms with Crippen LogP contribution in [0.1, 0.15) is 41.6 Å². The molecule has 1 aromatic carbocycles. The lowest BCUT2D eigenvalue weighted by atomic mass is 9.95. The first-order valence-electron chi connectivity index (χ1n) is 12.2. The second-order valence-electron chi connectivity index (χ2n) is 9.38. The van der Waals surface area contributed by atoms with Gasteiger partial charge < -0.3 is 10.2 Å². The molecular weight excluding hydrogens is 426 g/mol. The maximum absolute atomic E-state index is 12.9. The van der Waals surface area contributed by atoms with E-state index in [0.717, 1.165) is 41.9 Å². The summed E-state index contributed by atoms with van der Waals surface area (Å²) in [5.41, 5.74) is 7.63. The molecule has 2 amide bonds. The van der Waals surface area contributed by atoms with Crippen LogP contribution in [0, 0.1) is 19.8 Å². The third-order valence-corrected chi connectivity index (χ3v) is 7.09. The number of hydrogen-bond acceptors (Lipinski definition) is 4. The molecule has 2 aromatic heterocycles. The Balaban J connectivity index is 1.23. The van der Waals surface area contributed by atoms with E-state index in [2.05, 4.69) is 17.2 Å². The zero-order valence-corrected chi connectivity index (χ0v) is 19.9. The van der Waals surface area contributed by atoms with E-state index >= 15 is 0 Å². The summed E-state index contributed by atoms with van der Waals surface area (Å²) in [4.78, 5) is 31.7. The number of aryl methyl sites for hydroxylation is 2. The molecule has 1 aliphatic heterocycles. The first-order valence-corrected chi connectivity index (χ1v) is 12.2. The fraction of sp³-hybridized carbons (Fsp3) is 0.407. The number of nitrogens with zero attached hydrogens (tertiary/aromatic N) is 4. The molecule has 34 heavy (non-hydrogen) atoms. The average molecular weight is 458 g/mol. The van der Waals surface area contributed by atoms with Crippen molar-refractivity contribution in [2.45, 2.75) is 52.5 Å². The molecular formula is C27H31N5O2. The molecule has 2 aliphatic rings. The summed E-state index contributed by atoms with van der Waals surface area (Å²) in [6.07, 6.45) is 6.40. The van der Waals surface area contributed by atoms with Gasteiger partial charge in [0, 0.05) is 42.7 Å². The Hall–Kier alpha value is -3.48. The number of hydrogen-bond donors (Lipinski definition) is 1.